The molecule has 9 nitrogen and oxygen atoms in total. The van der Waals surface area contributed by atoms with E-state index in [1.54, 1.807) is 9.80 Å². The van der Waals surface area contributed by atoms with Crippen LogP contribution in [0.2, 0.25) is 0 Å². The monoisotopic (exact) mass is 380 g/mol. The molecule has 3 saturated heterocycles. The topological polar surface area (TPSA) is 108 Å². The first-order valence-corrected chi connectivity index (χ1v) is 9.65. The van der Waals surface area contributed by atoms with Gasteiger partial charge in [-0.1, -0.05) is 13.8 Å². The number of nitrogens with one attached hydrogen (secondary N) is 2. The predicted molar refractivity (Wildman–Crippen MR) is 95.8 cm³/mol. The molecule has 3 rings (SSSR count). The van der Waals surface area contributed by atoms with Crippen molar-refractivity contribution in [1.29, 1.82) is 0 Å². The molecule has 0 saturated carbocycles. The maximum absolute atomic E-state index is 12.4. The first-order valence-electron chi connectivity index (χ1n) is 9.65. The van der Waals surface area contributed by atoms with E-state index in [2.05, 4.69) is 24.5 Å². The van der Waals surface area contributed by atoms with Gasteiger partial charge in [0.2, 0.25) is 5.91 Å². The van der Waals surface area contributed by atoms with Crippen LogP contribution in [0.1, 0.15) is 46.0 Å². The number of amides is 5. The third-order valence-corrected chi connectivity index (χ3v) is 5.55. The molecular weight excluding hydrogens is 352 g/mol. The summed E-state index contributed by atoms with van der Waals surface area (Å²) in [6, 6.07) is -1.15. The van der Waals surface area contributed by atoms with Gasteiger partial charge in [-0.15, -0.1) is 0 Å². The maximum Gasteiger partial charge on any atom is 0.410 e. The van der Waals surface area contributed by atoms with Gasteiger partial charge in [-0.25, -0.2) is 9.59 Å². The summed E-state index contributed by atoms with van der Waals surface area (Å²) >= 11 is 0. The zero-order valence-electron chi connectivity index (χ0n) is 16.0. The van der Waals surface area contributed by atoms with Crippen LogP contribution in [0.3, 0.4) is 0 Å². The molecule has 2 N–H and O–H groups in total. The molecule has 3 aliphatic rings. The van der Waals surface area contributed by atoms with Crippen LogP contribution >= 0.6 is 0 Å². The van der Waals surface area contributed by atoms with Crippen LogP contribution in [0.5, 0.6) is 0 Å². The summed E-state index contributed by atoms with van der Waals surface area (Å²) in [4.78, 5) is 50.7. The molecule has 3 aliphatic heterocycles. The summed E-state index contributed by atoms with van der Waals surface area (Å²) in [5.41, 5.74) is -0.482. The molecule has 0 aromatic rings. The number of carbonyl (C=O) groups excluding carboxylic acids is 4. The first-order chi connectivity index (χ1) is 12.8. The molecule has 0 aromatic heterocycles. The molecule has 0 aromatic carbocycles. The fourth-order valence-electron chi connectivity index (χ4n) is 3.79. The summed E-state index contributed by atoms with van der Waals surface area (Å²) < 4.78 is 5.68. The zero-order chi connectivity index (χ0) is 19.6. The minimum Gasteiger partial charge on any atom is -0.441 e. The lowest BCUT2D eigenvalue weighted by molar-refractivity contribution is -0.134. The van der Waals surface area contributed by atoms with E-state index in [0.29, 0.717) is 44.9 Å². The molecule has 3 fully saturated rings. The Bertz CT molecular complexity index is 627. The number of imide groups is 1. The molecule has 1 spiro atoms. The number of hydrogen-bond donors (Lipinski definition) is 2. The summed E-state index contributed by atoms with van der Waals surface area (Å²) in [6.07, 6.45) is 2.44. The minimum absolute atomic E-state index is 0.0419. The second kappa shape index (κ2) is 7.74. The van der Waals surface area contributed by atoms with Crippen molar-refractivity contribution in [3.8, 4) is 0 Å². The van der Waals surface area contributed by atoms with Gasteiger partial charge < -0.3 is 19.9 Å². The molecule has 0 radical (unpaired) electrons. The third-order valence-electron chi connectivity index (χ3n) is 5.55. The van der Waals surface area contributed by atoms with Crippen LogP contribution in [0.4, 0.5) is 9.59 Å². The van der Waals surface area contributed by atoms with Crippen molar-refractivity contribution in [2.75, 3.05) is 26.2 Å². The van der Waals surface area contributed by atoms with E-state index in [1.165, 1.54) is 0 Å². The molecule has 0 bridgehead atoms. The van der Waals surface area contributed by atoms with Gasteiger partial charge in [0.15, 0.2) is 0 Å². The Kier molecular flexibility index (Phi) is 5.57. The highest BCUT2D eigenvalue weighted by molar-refractivity contribution is 6.04. The number of urea groups is 1. The van der Waals surface area contributed by atoms with E-state index in [-0.39, 0.29) is 30.7 Å². The summed E-state index contributed by atoms with van der Waals surface area (Å²) in [7, 11) is 0. The van der Waals surface area contributed by atoms with Gasteiger partial charge in [0, 0.05) is 38.9 Å². The van der Waals surface area contributed by atoms with Crippen molar-refractivity contribution in [2.45, 2.75) is 57.6 Å². The number of nitrogens with zero attached hydrogens (tertiary/aromatic N) is 2. The molecule has 3 heterocycles. The maximum atomic E-state index is 12.4. The van der Waals surface area contributed by atoms with Gasteiger partial charge in [-0.05, 0) is 18.8 Å². The summed E-state index contributed by atoms with van der Waals surface area (Å²) in [5, 5.41) is 4.66. The van der Waals surface area contributed by atoms with E-state index in [9.17, 15) is 19.2 Å². The van der Waals surface area contributed by atoms with Crippen LogP contribution in [-0.4, -0.2) is 71.6 Å². The number of carbonyl (C=O) groups is 4. The Balaban J connectivity index is 1.44. The quantitative estimate of drug-likeness (QED) is 0.664. The highest BCUT2D eigenvalue weighted by Crippen LogP contribution is 2.33. The fourth-order valence-corrected chi connectivity index (χ4v) is 3.79. The van der Waals surface area contributed by atoms with E-state index in [0.717, 1.165) is 6.42 Å². The van der Waals surface area contributed by atoms with Gasteiger partial charge in [0.05, 0.1) is 6.54 Å². The minimum atomic E-state index is -0.636. The largest absolute Gasteiger partial charge is 0.441 e. The van der Waals surface area contributed by atoms with Gasteiger partial charge in [0.25, 0.3) is 5.91 Å². The molecule has 9 heteroatoms. The van der Waals surface area contributed by atoms with Crippen LogP contribution in [0.15, 0.2) is 0 Å². The molecular formula is C18H28N4O5. The van der Waals surface area contributed by atoms with E-state index < -0.39 is 17.7 Å². The standard InChI is InChI=1S/C18H28N4O5/c1-12(2)5-8-22-11-18(27-17(22)26)6-9-21(10-7-18)14(23)4-3-13-15(24)20-16(25)19-13/h12-13H,3-11H2,1-2H3,(H2,19,20,24,25)/t13-/m1/s1. The highest BCUT2D eigenvalue weighted by atomic mass is 16.6. The van der Waals surface area contributed by atoms with Crippen molar-refractivity contribution in [3.05, 3.63) is 0 Å². The SMILES string of the molecule is CC(C)CCN1CC2(CCN(C(=O)CC[C@H]3NC(=O)NC3=O)CC2)OC1=O. The predicted octanol–water partition coefficient (Wildman–Crippen LogP) is 0.834. The van der Waals surface area contributed by atoms with Gasteiger partial charge >= 0.3 is 12.1 Å². The Labute approximate surface area is 158 Å². The Hall–Kier alpha value is -2.32. The van der Waals surface area contributed by atoms with E-state index >= 15 is 0 Å². The van der Waals surface area contributed by atoms with Crippen molar-refractivity contribution >= 4 is 23.9 Å². The van der Waals surface area contributed by atoms with E-state index in [1.807, 2.05) is 0 Å². The number of ether oxygens (including phenoxy) is 1. The van der Waals surface area contributed by atoms with Crippen molar-refractivity contribution in [3.63, 3.8) is 0 Å². The Morgan fingerprint density at radius 1 is 1.26 bits per heavy atom. The Morgan fingerprint density at radius 3 is 2.56 bits per heavy atom. The van der Waals surface area contributed by atoms with Crippen LogP contribution in [0, 0.1) is 5.92 Å². The number of piperidine rings is 1. The summed E-state index contributed by atoms with van der Waals surface area (Å²) in [6.45, 7) is 6.62. The molecule has 0 aliphatic carbocycles. The molecule has 27 heavy (non-hydrogen) atoms. The Morgan fingerprint density at radius 2 is 1.96 bits per heavy atom. The van der Waals surface area contributed by atoms with Gasteiger partial charge in [-0.2, -0.15) is 0 Å². The van der Waals surface area contributed by atoms with Gasteiger partial charge in [-0.3, -0.25) is 14.9 Å². The van der Waals surface area contributed by atoms with Crippen molar-refractivity contribution in [1.82, 2.24) is 20.4 Å². The normalized spacial score (nSPS) is 24.4. The van der Waals surface area contributed by atoms with Crippen LogP contribution in [0.25, 0.3) is 0 Å². The first kappa shape index (κ1) is 19.4. The second-order valence-corrected chi connectivity index (χ2v) is 8.09. The molecule has 5 amide bonds. The van der Waals surface area contributed by atoms with Crippen molar-refractivity contribution < 1.29 is 23.9 Å². The lowest BCUT2D eigenvalue weighted by Gasteiger charge is -2.37. The third kappa shape index (κ3) is 4.51. The molecule has 1 atom stereocenters. The smallest absolute Gasteiger partial charge is 0.410 e. The van der Waals surface area contributed by atoms with E-state index in [4.69, 9.17) is 4.74 Å². The fraction of sp³-hybridized carbons (Fsp3) is 0.778. The highest BCUT2D eigenvalue weighted by Gasteiger charge is 2.47. The second-order valence-electron chi connectivity index (χ2n) is 8.09. The van der Waals surface area contributed by atoms with Crippen LogP contribution < -0.4 is 10.6 Å². The van der Waals surface area contributed by atoms with Crippen LogP contribution in [-0.2, 0) is 14.3 Å². The zero-order valence-corrected chi connectivity index (χ0v) is 16.0. The lowest BCUT2D eigenvalue weighted by Crippen LogP contribution is -2.49. The van der Waals surface area contributed by atoms with Crippen molar-refractivity contribution in [2.24, 2.45) is 5.92 Å². The average molecular weight is 380 g/mol. The number of likely N-dealkylation sites (tertiary alicyclic amines) is 1. The number of rotatable bonds is 6. The lowest BCUT2D eigenvalue weighted by atomic mass is 9.91. The average Bonchev–Trinajstić information content (AvgIpc) is 3.09. The number of hydrogen-bond acceptors (Lipinski definition) is 5. The molecule has 0 unspecified atom stereocenters. The van der Waals surface area contributed by atoms with Gasteiger partial charge in [0.1, 0.15) is 11.6 Å². The summed E-state index contributed by atoms with van der Waals surface area (Å²) in [5.74, 6) is 0.102. The molecule has 150 valence electrons.